The van der Waals surface area contributed by atoms with E-state index in [1.807, 2.05) is 0 Å². The second-order valence-electron chi connectivity index (χ2n) is 8.54. The molecule has 29 heavy (non-hydrogen) atoms. The van der Waals surface area contributed by atoms with Gasteiger partial charge >= 0.3 is 11.9 Å². The number of rotatable bonds is 15. The molecule has 0 bridgehead atoms. The third-order valence-corrected chi connectivity index (χ3v) is 5.54. The van der Waals surface area contributed by atoms with E-state index in [0.717, 1.165) is 50.0 Å². The van der Waals surface area contributed by atoms with Crippen molar-refractivity contribution in [2.75, 3.05) is 6.61 Å². The van der Waals surface area contributed by atoms with Gasteiger partial charge in [0.05, 0.1) is 17.7 Å². The highest BCUT2D eigenvalue weighted by atomic mass is 16.5. The summed E-state index contributed by atoms with van der Waals surface area (Å²) in [5.41, 5.74) is 1.54. The summed E-state index contributed by atoms with van der Waals surface area (Å²) < 4.78 is 5.60. The Hall–Kier alpha value is -1.84. The van der Waals surface area contributed by atoms with Gasteiger partial charge in [-0.2, -0.15) is 0 Å². The number of carbonyl (C=O) groups is 2. The smallest absolute Gasteiger partial charge is 0.338 e. The maximum Gasteiger partial charge on any atom is 0.338 e. The number of esters is 1. The van der Waals surface area contributed by atoms with Crippen molar-refractivity contribution in [3.8, 4) is 0 Å². The SMILES string of the molecule is CCCCC(CC)COC(=O)c1ccc(C(=O)O)cc1CCCCCCC(C)C. The molecule has 0 spiro atoms. The van der Waals surface area contributed by atoms with Crippen molar-refractivity contribution in [3.05, 3.63) is 34.9 Å². The highest BCUT2D eigenvalue weighted by Gasteiger charge is 2.17. The molecule has 0 saturated heterocycles. The van der Waals surface area contributed by atoms with Crippen molar-refractivity contribution in [1.29, 1.82) is 0 Å². The molecule has 1 rings (SSSR count). The van der Waals surface area contributed by atoms with Gasteiger partial charge in [0.15, 0.2) is 0 Å². The Labute approximate surface area is 177 Å². The maximum atomic E-state index is 12.7. The van der Waals surface area contributed by atoms with Crippen LogP contribution in [0.3, 0.4) is 0 Å². The van der Waals surface area contributed by atoms with Crippen molar-refractivity contribution in [3.63, 3.8) is 0 Å². The predicted molar refractivity (Wildman–Crippen MR) is 119 cm³/mol. The van der Waals surface area contributed by atoms with Crippen LogP contribution in [0.25, 0.3) is 0 Å². The van der Waals surface area contributed by atoms with Crippen molar-refractivity contribution in [2.24, 2.45) is 11.8 Å². The summed E-state index contributed by atoms with van der Waals surface area (Å²) >= 11 is 0. The van der Waals surface area contributed by atoms with Gasteiger partial charge in [0.25, 0.3) is 0 Å². The predicted octanol–water partition coefficient (Wildman–Crippen LogP) is 6.91. The van der Waals surface area contributed by atoms with Crippen LogP contribution in [0.5, 0.6) is 0 Å². The lowest BCUT2D eigenvalue weighted by molar-refractivity contribution is 0.0426. The van der Waals surface area contributed by atoms with Gasteiger partial charge in [-0.15, -0.1) is 0 Å². The van der Waals surface area contributed by atoms with Crippen molar-refractivity contribution >= 4 is 11.9 Å². The molecule has 0 aromatic heterocycles. The summed E-state index contributed by atoms with van der Waals surface area (Å²) in [4.78, 5) is 24.0. The Kier molecular flexibility index (Phi) is 12.3. The van der Waals surface area contributed by atoms with Gasteiger partial charge in [-0.05, 0) is 54.9 Å². The fraction of sp³-hybridized carbons (Fsp3) is 0.680. The Morgan fingerprint density at radius 1 is 1.00 bits per heavy atom. The van der Waals surface area contributed by atoms with Gasteiger partial charge in [0.2, 0.25) is 0 Å². The lowest BCUT2D eigenvalue weighted by Gasteiger charge is -2.16. The average molecular weight is 405 g/mol. The first kappa shape index (κ1) is 25.2. The summed E-state index contributed by atoms with van der Waals surface area (Å²) in [7, 11) is 0. The molecule has 0 aliphatic rings. The molecule has 0 aliphatic carbocycles. The molecule has 1 aromatic carbocycles. The zero-order valence-electron chi connectivity index (χ0n) is 18.8. The number of unbranched alkanes of at least 4 members (excludes halogenated alkanes) is 4. The monoisotopic (exact) mass is 404 g/mol. The molecule has 0 radical (unpaired) electrons. The fourth-order valence-corrected chi connectivity index (χ4v) is 3.52. The number of aromatic carboxylic acids is 1. The van der Waals surface area contributed by atoms with Crippen molar-refractivity contribution < 1.29 is 19.4 Å². The maximum absolute atomic E-state index is 12.7. The summed E-state index contributed by atoms with van der Waals surface area (Å²) in [5, 5.41) is 9.31. The molecule has 0 aliphatic heterocycles. The fourth-order valence-electron chi connectivity index (χ4n) is 3.52. The summed E-state index contributed by atoms with van der Waals surface area (Å²) in [6.07, 6.45) is 10.7. The number of benzene rings is 1. The number of carboxylic acid groups (broad SMARTS) is 1. The first-order valence-electron chi connectivity index (χ1n) is 11.4. The largest absolute Gasteiger partial charge is 0.478 e. The number of carbonyl (C=O) groups excluding carboxylic acids is 1. The average Bonchev–Trinajstić information content (AvgIpc) is 2.70. The second kappa shape index (κ2) is 14.2. The second-order valence-corrected chi connectivity index (χ2v) is 8.54. The van der Waals surface area contributed by atoms with Crippen LogP contribution in [-0.4, -0.2) is 23.7 Å². The van der Waals surface area contributed by atoms with E-state index in [2.05, 4.69) is 27.7 Å². The van der Waals surface area contributed by atoms with Crippen LogP contribution in [-0.2, 0) is 11.2 Å². The van der Waals surface area contributed by atoms with Crippen LogP contribution >= 0.6 is 0 Å². The molecule has 164 valence electrons. The van der Waals surface area contributed by atoms with Crippen LogP contribution in [0.2, 0.25) is 0 Å². The van der Waals surface area contributed by atoms with E-state index in [0.29, 0.717) is 24.5 Å². The molecule has 1 atom stereocenters. The van der Waals surface area contributed by atoms with E-state index < -0.39 is 5.97 Å². The van der Waals surface area contributed by atoms with Gasteiger partial charge in [-0.25, -0.2) is 9.59 Å². The molecule has 4 nitrogen and oxygen atoms in total. The van der Waals surface area contributed by atoms with Gasteiger partial charge in [-0.3, -0.25) is 0 Å². The van der Waals surface area contributed by atoms with Crippen LogP contribution in [0.15, 0.2) is 18.2 Å². The van der Waals surface area contributed by atoms with Gasteiger partial charge < -0.3 is 9.84 Å². The lowest BCUT2D eigenvalue weighted by atomic mass is 9.97. The Bertz CT molecular complexity index is 621. The molecule has 1 N–H and O–H groups in total. The first-order valence-corrected chi connectivity index (χ1v) is 11.4. The van der Waals surface area contributed by atoms with E-state index in [1.54, 1.807) is 12.1 Å². The molecular weight excluding hydrogens is 364 g/mol. The zero-order chi connectivity index (χ0) is 21.6. The minimum absolute atomic E-state index is 0.228. The number of hydrogen-bond donors (Lipinski definition) is 1. The molecule has 4 heteroatoms. The van der Waals surface area contributed by atoms with E-state index in [9.17, 15) is 14.7 Å². The minimum atomic E-state index is -0.964. The third-order valence-electron chi connectivity index (χ3n) is 5.54. The van der Waals surface area contributed by atoms with Crippen LogP contribution in [0.4, 0.5) is 0 Å². The van der Waals surface area contributed by atoms with E-state index >= 15 is 0 Å². The number of ether oxygens (including phenoxy) is 1. The molecule has 1 unspecified atom stereocenters. The summed E-state index contributed by atoms with van der Waals surface area (Å²) in [6.45, 7) is 9.20. The molecular formula is C25H40O4. The molecule has 0 amide bonds. The summed E-state index contributed by atoms with van der Waals surface area (Å²) in [6, 6.07) is 4.76. The van der Waals surface area contributed by atoms with Gasteiger partial charge in [0, 0.05) is 0 Å². The number of carboxylic acids is 1. The molecule has 0 fully saturated rings. The summed E-state index contributed by atoms with van der Waals surface area (Å²) in [5.74, 6) is -0.171. The van der Waals surface area contributed by atoms with Crippen LogP contribution in [0, 0.1) is 11.8 Å². The normalized spacial score (nSPS) is 12.2. The Morgan fingerprint density at radius 3 is 2.34 bits per heavy atom. The highest BCUT2D eigenvalue weighted by Crippen LogP contribution is 2.20. The van der Waals surface area contributed by atoms with E-state index in [4.69, 9.17) is 4.74 Å². The molecule has 1 aromatic rings. The van der Waals surface area contributed by atoms with Gasteiger partial charge in [0.1, 0.15) is 0 Å². The Balaban J connectivity index is 2.71. The van der Waals surface area contributed by atoms with Gasteiger partial charge in [-0.1, -0.05) is 72.6 Å². The van der Waals surface area contributed by atoms with E-state index in [1.165, 1.54) is 25.3 Å². The number of aryl methyl sites for hydroxylation is 1. The minimum Gasteiger partial charge on any atom is -0.478 e. The van der Waals surface area contributed by atoms with Crippen LogP contribution < -0.4 is 0 Å². The topological polar surface area (TPSA) is 63.6 Å². The Morgan fingerprint density at radius 2 is 1.72 bits per heavy atom. The number of hydrogen-bond acceptors (Lipinski definition) is 3. The zero-order valence-corrected chi connectivity index (χ0v) is 18.8. The van der Waals surface area contributed by atoms with E-state index in [-0.39, 0.29) is 11.5 Å². The van der Waals surface area contributed by atoms with Crippen molar-refractivity contribution in [2.45, 2.75) is 91.9 Å². The molecule has 0 heterocycles. The van der Waals surface area contributed by atoms with Crippen LogP contribution in [0.1, 0.15) is 112 Å². The molecule has 0 saturated carbocycles. The highest BCUT2D eigenvalue weighted by molar-refractivity contribution is 5.94. The van der Waals surface area contributed by atoms with Crippen molar-refractivity contribution in [1.82, 2.24) is 0 Å². The standard InChI is InChI=1S/C25H40O4/c1-5-7-13-20(6-2)18-29-25(28)23-16-15-22(24(26)27)17-21(23)14-11-9-8-10-12-19(3)4/h15-17,19-20H,5-14,18H2,1-4H3,(H,26,27). The lowest BCUT2D eigenvalue weighted by Crippen LogP contribution is -2.16. The third kappa shape index (κ3) is 9.96. The quantitative estimate of drug-likeness (QED) is 0.255. The first-order chi connectivity index (χ1) is 13.9.